The number of ether oxygens (including phenoxy) is 1. The van der Waals surface area contributed by atoms with Gasteiger partial charge in [-0.2, -0.15) is 13.2 Å². The van der Waals surface area contributed by atoms with Gasteiger partial charge in [0.2, 0.25) is 0 Å². The molecule has 130 valence electrons. The Labute approximate surface area is 142 Å². The number of halogens is 3. The second-order valence-corrected chi connectivity index (χ2v) is 5.78. The number of benzene rings is 2. The van der Waals surface area contributed by atoms with Crippen LogP contribution in [0, 0.1) is 6.92 Å². The summed E-state index contributed by atoms with van der Waals surface area (Å²) in [5.41, 5.74) is 1.35. The van der Waals surface area contributed by atoms with E-state index in [0.717, 1.165) is 12.1 Å². The van der Waals surface area contributed by atoms with Crippen molar-refractivity contribution in [1.29, 1.82) is 0 Å². The summed E-state index contributed by atoms with van der Waals surface area (Å²) >= 11 is 0. The highest BCUT2D eigenvalue weighted by Gasteiger charge is 2.31. The maximum absolute atomic E-state index is 13.1. The fourth-order valence-electron chi connectivity index (χ4n) is 3.12. The average Bonchev–Trinajstić information content (AvgIpc) is 2.85. The number of nitrogens with zero attached hydrogens (tertiary/aromatic N) is 1. The summed E-state index contributed by atoms with van der Waals surface area (Å²) in [4.78, 5) is 12.1. The molecule has 0 fully saturated rings. The predicted octanol–water partition coefficient (Wildman–Crippen LogP) is 5.17. The van der Waals surface area contributed by atoms with Crippen molar-refractivity contribution in [3.05, 3.63) is 59.3 Å². The lowest BCUT2D eigenvalue weighted by atomic mass is 10.1. The first-order chi connectivity index (χ1) is 11.7. The fraction of sp³-hybridized carbons (Fsp3) is 0.211. The zero-order valence-electron chi connectivity index (χ0n) is 13.9. The molecule has 0 saturated heterocycles. The molecule has 0 bridgehead atoms. The molecule has 3 aromatic rings. The van der Waals surface area contributed by atoms with Gasteiger partial charge in [0.1, 0.15) is 5.75 Å². The molecule has 0 N–H and O–H groups in total. The van der Waals surface area contributed by atoms with Gasteiger partial charge in [0.25, 0.3) is 0 Å². The third-order valence-corrected chi connectivity index (χ3v) is 4.19. The Hall–Kier alpha value is -2.76. The monoisotopic (exact) mass is 347 g/mol. The van der Waals surface area contributed by atoms with Crippen LogP contribution in [0.2, 0.25) is 0 Å². The van der Waals surface area contributed by atoms with Crippen molar-refractivity contribution in [1.82, 2.24) is 4.57 Å². The number of alkyl halides is 3. The number of rotatable bonds is 3. The number of hydrogen-bond acceptors (Lipinski definition) is 2. The molecule has 1 heterocycles. The van der Waals surface area contributed by atoms with Crippen molar-refractivity contribution in [2.75, 3.05) is 7.11 Å². The van der Waals surface area contributed by atoms with Crippen LogP contribution in [-0.4, -0.2) is 17.5 Å². The topological polar surface area (TPSA) is 31.2 Å². The van der Waals surface area contributed by atoms with Crippen LogP contribution in [0.4, 0.5) is 13.2 Å². The van der Waals surface area contributed by atoms with Gasteiger partial charge >= 0.3 is 6.18 Å². The molecule has 0 atom stereocenters. The number of carbonyl (C=O) groups is 1. The maximum Gasteiger partial charge on any atom is 0.416 e. The molecule has 3 nitrogen and oxygen atoms in total. The van der Waals surface area contributed by atoms with Crippen molar-refractivity contribution >= 4 is 16.7 Å². The number of aromatic nitrogens is 1. The van der Waals surface area contributed by atoms with Gasteiger partial charge in [0.15, 0.2) is 5.78 Å². The first kappa shape index (κ1) is 17.1. The molecule has 25 heavy (non-hydrogen) atoms. The summed E-state index contributed by atoms with van der Waals surface area (Å²) in [6.45, 7) is 3.17. The molecule has 0 aliphatic heterocycles. The van der Waals surface area contributed by atoms with E-state index in [4.69, 9.17) is 4.74 Å². The van der Waals surface area contributed by atoms with Gasteiger partial charge in [-0.25, -0.2) is 0 Å². The molecule has 0 aliphatic carbocycles. The van der Waals surface area contributed by atoms with Gasteiger partial charge < -0.3 is 9.30 Å². The van der Waals surface area contributed by atoms with Crippen molar-refractivity contribution in [3.63, 3.8) is 0 Å². The van der Waals surface area contributed by atoms with Crippen molar-refractivity contribution in [2.24, 2.45) is 0 Å². The Balaban J connectivity index is 2.34. The number of carbonyl (C=O) groups excluding carboxylic acids is 1. The van der Waals surface area contributed by atoms with Crippen LogP contribution in [0.3, 0.4) is 0 Å². The number of methoxy groups -OCH3 is 1. The minimum Gasteiger partial charge on any atom is -0.497 e. The molecular formula is C19H16F3NO2. The van der Waals surface area contributed by atoms with E-state index in [9.17, 15) is 18.0 Å². The van der Waals surface area contributed by atoms with E-state index in [1.807, 2.05) is 0 Å². The molecule has 0 radical (unpaired) electrons. The molecule has 2 aromatic carbocycles. The highest BCUT2D eigenvalue weighted by Crippen LogP contribution is 2.35. The minimum atomic E-state index is -4.43. The van der Waals surface area contributed by atoms with Gasteiger partial charge in [-0.1, -0.05) is 6.07 Å². The summed E-state index contributed by atoms with van der Waals surface area (Å²) in [6, 6.07) is 10.3. The number of ketones is 1. The van der Waals surface area contributed by atoms with Crippen LogP contribution < -0.4 is 4.74 Å². The first-order valence-electron chi connectivity index (χ1n) is 7.61. The fourth-order valence-corrected chi connectivity index (χ4v) is 3.12. The van der Waals surface area contributed by atoms with Crippen LogP contribution >= 0.6 is 0 Å². The van der Waals surface area contributed by atoms with Crippen LogP contribution in [0.5, 0.6) is 5.75 Å². The van der Waals surface area contributed by atoms with Crippen LogP contribution in [0.15, 0.2) is 42.5 Å². The second kappa shape index (κ2) is 5.95. The molecule has 0 aliphatic rings. The van der Waals surface area contributed by atoms with E-state index >= 15 is 0 Å². The standard InChI is InChI=1S/C19H16F3NO2/c1-11-18(12(2)24)16-10-15(25-3)7-8-17(16)23(11)14-6-4-5-13(9-14)19(20,21)22/h4-10H,1-3H3. The molecular weight excluding hydrogens is 331 g/mol. The largest absolute Gasteiger partial charge is 0.497 e. The number of Topliss-reactive ketones (excluding diaryl/α,β-unsaturated/α-hetero) is 1. The Bertz CT molecular complexity index is 971. The summed E-state index contributed by atoms with van der Waals surface area (Å²) in [5.74, 6) is 0.428. The Morgan fingerprint density at radius 1 is 1.12 bits per heavy atom. The quantitative estimate of drug-likeness (QED) is 0.612. The summed E-state index contributed by atoms with van der Waals surface area (Å²) in [6.07, 6.45) is -4.43. The van der Waals surface area contributed by atoms with Crippen LogP contribution in [0.1, 0.15) is 28.5 Å². The van der Waals surface area contributed by atoms with Crippen molar-refractivity contribution < 1.29 is 22.7 Å². The smallest absolute Gasteiger partial charge is 0.416 e. The third kappa shape index (κ3) is 2.88. The van der Waals surface area contributed by atoms with E-state index in [1.165, 1.54) is 20.1 Å². The highest BCUT2D eigenvalue weighted by molar-refractivity contribution is 6.09. The summed E-state index contributed by atoms with van der Waals surface area (Å²) in [5, 5.41) is 0.654. The van der Waals surface area contributed by atoms with Gasteiger partial charge in [0, 0.05) is 22.3 Å². The Morgan fingerprint density at radius 3 is 2.44 bits per heavy atom. The second-order valence-electron chi connectivity index (χ2n) is 5.78. The predicted molar refractivity (Wildman–Crippen MR) is 89.6 cm³/mol. The van der Waals surface area contributed by atoms with E-state index in [-0.39, 0.29) is 5.78 Å². The molecule has 0 saturated carbocycles. The minimum absolute atomic E-state index is 0.151. The maximum atomic E-state index is 13.1. The molecule has 0 unspecified atom stereocenters. The normalized spacial score (nSPS) is 11.8. The van der Waals surface area contributed by atoms with Gasteiger partial charge in [-0.15, -0.1) is 0 Å². The summed E-state index contributed by atoms with van der Waals surface area (Å²) in [7, 11) is 1.52. The van der Waals surface area contributed by atoms with Crippen LogP contribution in [-0.2, 0) is 6.18 Å². The lowest BCUT2D eigenvalue weighted by Crippen LogP contribution is -2.07. The Kier molecular flexibility index (Phi) is 4.06. The average molecular weight is 347 g/mol. The van der Waals surface area contributed by atoms with Crippen molar-refractivity contribution in [3.8, 4) is 11.4 Å². The third-order valence-electron chi connectivity index (χ3n) is 4.19. The van der Waals surface area contributed by atoms with E-state index < -0.39 is 11.7 Å². The van der Waals surface area contributed by atoms with Gasteiger partial charge in [-0.05, 0) is 50.2 Å². The zero-order chi connectivity index (χ0) is 18.4. The van der Waals surface area contributed by atoms with Gasteiger partial charge in [-0.3, -0.25) is 4.79 Å². The van der Waals surface area contributed by atoms with Crippen molar-refractivity contribution in [2.45, 2.75) is 20.0 Å². The highest BCUT2D eigenvalue weighted by atomic mass is 19.4. The number of hydrogen-bond donors (Lipinski definition) is 0. The number of fused-ring (bicyclic) bond motifs is 1. The molecule has 0 amide bonds. The summed E-state index contributed by atoms with van der Waals surface area (Å²) < 4.78 is 46.0. The zero-order valence-corrected chi connectivity index (χ0v) is 13.9. The van der Waals surface area contributed by atoms with Gasteiger partial charge in [0.05, 0.1) is 18.2 Å². The Morgan fingerprint density at radius 2 is 1.84 bits per heavy atom. The molecule has 1 aromatic heterocycles. The SMILES string of the molecule is COc1ccc2c(c1)c(C(C)=O)c(C)n2-c1cccc(C(F)(F)F)c1. The lowest BCUT2D eigenvalue weighted by molar-refractivity contribution is -0.137. The van der Waals surface area contributed by atoms with E-state index in [1.54, 1.807) is 35.8 Å². The lowest BCUT2D eigenvalue weighted by Gasteiger charge is -2.12. The van der Waals surface area contributed by atoms with E-state index in [2.05, 4.69) is 0 Å². The molecule has 3 rings (SSSR count). The van der Waals surface area contributed by atoms with Crippen LogP contribution in [0.25, 0.3) is 16.6 Å². The first-order valence-corrected chi connectivity index (χ1v) is 7.61. The molecule has 6 heteroatoms. The molecule has 0 spiro atoms. The van der Waals surface area contributed by atoms with E-state index in [0.29, 0.717) is 33.6 Å².